The molecule has 2 heterocycles. The van der Waals surface area contributed by atoms with Crippen LogP contribution in [-0.4, -0.2) is 35.1 Å². The number of nitrogens with one attached hydrogen (secondary N) is 2. The molecule has 2 aromatic rings. The lowest BCUT2D eigenvalue weighted by Crippen LogP contribution is -2.26. The molecule has 2 rings (SSSR count). The SMILES string of the molecule is Cc1nc(C)c(S(=O)(=O)NCCc2ncn[nH]2)s1. The molecule has 0 amide bonds. The molecule has 9 heteroatoms. The first-order valence-electron chi connectivity index (χ1n) is 5.27. The molecule has 2 N–H and O–H groups in total. The Balaban J connectivity index is 2.02. The Kier molecular flexibility index (Phi) is 3.73. The van der Waals surface area contributed by atoms with Crippen molar-refractivity contribution in [3.05, 3.63) is 22.9 Å². The van der Waals surface area contributed by atoms with E-state index in [0.29, 0.717) is 17.9 Å². The molecule has 0 fully saturated rings. The van der Waals surface area contributed by atoms with Crippen LogP contribution in [0.4, 0.5) is 0 Å². The second kappa shape index (κ2) is 5.12. The van der Waals surface area contributed by atoms with Gasteiger partial charge in [0.2, 0.25) is 0 Å². The van der Waals surface area contributed by atoms with Crippen molar-refractivity contribution in [3.8, 4) is 0 Å². The van der Waals surface area contributed by atoms with Gasteiger partial charge in [0.25, 0.3) is 10.0 Å². The van der Waals surface area contributed by atoms with Crippen LogP contribution in [0.3, 0.4) is 0 Å². The predicted octanol–water partition coefficient (Wildman–Crippen LogP) is 0.399. The van der Waals surface area contributed by atoms with Crippen LogP contribution in [0.25, 0.3) is 0 Å². The van der Waals surface area contributed by atoms with Gasteiger partial charge in [0.05, 0.1) is 10.7 Å². The highest BCUT2D eigenvalue weighted by Gasteiger charge is 2.20. The minimum absolute atomic E-state index is 0.272. The maximum Gasteiger partial charge on any atom is 0.251 e. The molecule has 0 aliphatic rings. The van der Waals surface area contributed by atoms with Gasteiger partial charge < -0.3 is 0 Å². The largest absolute Gasteiger partial charge is 0.263 e. The molecule has 0 atom stereocenters. The molecule has 0 saturated carbocycles. The van der Waals surface area contributed by atoms with Crippen LogP contribution < -0.4 is 4.72 Å². The zero-order valence-electron chi connectivity index (χ0n) is 9.97. The Hall–Kier alpha value is -1.32. The van der Waals surface area contributed by atoms with Gasteiger partial charge in [-0.2, -0.15) is 5.10 Å². The summed E-state index contributed by atoms with van der Waals surface area (Å²) in [5.74, 6) is 0.648. The fourth-order valence-corrected chi connectivity index (χ4v) is 4.04. The van der Waals surface area contributed by atoms with Crippen LogP contribution in [0.15, 0.2) is 10.5 Å². The van der Waals surface area contributed by atoms with Crippen molar-refractivity contribution in [1.82, 2.24) is 24.9 Å². The third-order valence-electron chi connectivity index (χ3n) is 2.22. The van der Waals surface area contributed by atoms with E-state index in [0.717, 1.165) is 5.01 Å². The number of aromatic nitrogens is 4. The molecule has 0 aliphatic carbocycles. The Morgan fingerprint density at radius 2 is 2.22 bits per heavy atom. The van der Waals surface area contributed by atoms with Crippen molar-refractivity contribution in [2.75, 3.05) is 6.54 Å². The second-order valence-corrected chi connectivity index (χ2v) is 6.85. The third-order valence-corrected chi connectivity index (χ3v) is 5.37. The highest BCUT2D eigenvalue weighted by Crippen LogP contribution is 2.22. The van der Waals surface area contributed by atoms with E-state index < -0.39 is 10.0 Å². The van der Waals surface area contributed by atoms with Crippen molar-refractivity contribution in [2.45, 2.75) is 24.5 Å². The van der Waals surface area contributed by atoms with Gasteiger partial charge in [-0.1, -0.05) is 0 Å². The lowest BCUT2D eigenvalue weighted by Gasteiger charge is -2.03. The van der Waals surface area contributed by atoms with Crippen LogP contribution in [0.2, 0.25) is 0 Å². The molecule has 18 heavy (non-hydrogen) atoms. The zero-order chi connectivity index (χ0) is 13.2. The molecule has 0 saturated heterocycles. The van der Waals surface area contributed by atoms with Gasteiger partial charge in [0, 0.05) is 13.0 Å². The van der Waals surface area contributed by atoms with E-state index in [1.807, 2.05) is 0 Å². The standard InChI is InChI=1S/C9H13N5O2S2/c1-6-9(17-7(2)13-6)18(15,16)12-4-3-8-10-5-11-14-8/h5,12H,3-4H2,1-2H3,(H,10,11,14). The second-order valence-electron chi connectivity index (χ2n) is 3.69. The van der Waals surface area contributed by atoms with Crippen molar-refractivity contribution in [2.24, 2.45) is 0 Å². The van der Waals surface area contributed by atoms with E-state index in [2.05, 4.69) is 24.9 Å². The minimum Gasteiger partial charge on any atom is -0.263 e. The summed E-state index contributed by atoms with van der Waals surface area (Å²) in [6.07, 6.45) is 1.86. The molecule has 0 aromatic carbocycles. The summed E-state index contributed by atoms with van der Waals surface area (Å²) in [7, 11) is -3.48. The van der Waals surface area contributed by atoms with Gasteiger partial charge in [0.15, 0.2) is 4.21 Å². The van der Waals surface area contributed by atoms with Crippen LogP contribution >= 0.6 is 11.3 Å². The normalized spacial score (nSPS) is 11.9. The van der Waals surface area contributed by atoms with Gasteiger partial charge in [-0.05, 0) is 13.8 Å². The molecule has 7 nitrogen and oxygen atoms in total. The average molecular weight is 287 g/mol. The monoisotopic (exact) mass is 287 g/mol. The Morgan fingerprint density at radius 3 is 2.78 bits per heavy atom. The molecule has 2 aromatic heterocycles. The molecular formula is C9H13N5O2S2. The number of rotatable bonds is 5. The van der Waals surface area contributed by atoms with Gasteiger partial charge in [0.1, 0.15) is 12.2 Å². The van der Waals surface area contributed by atoms with Crippen molar-refractivity contribution < 1.29 is 8.42 Å². The first-order chi connectivity index (χ1) is 8.49. The highest BCUT2D eigenvalue weighted by atomic mass is 32.2. The smallest absolute Gasteiger partial charge is 0.251 e. The topological polar surface area (TPSA) is 101 Å². The number of hydrogen-bond donors (Lipinski definition) is 2. The third kappa shape index (κ3) is 2.92. The van der Waals surface area contributed by atoms with E-state index in [9.17, 15) is 8.42 Å². The number of thiazole rings is 1. The fourth-order valence-electron chi connectivity index (χ4n) is 1.48. The van der Waals surface area contributed by atoms with Crippen LogP contribution in [0.5, 0.6) is 0 Å². The van der Waals surface area contributed by atoms with Crippen molar-refractivity contribution in [1.29, 1.82) is 0 Å². The number of sulfonamides is 1. The van der Waals surface area contributed by atoms with E-state index in [1.54, 1.807) is 13.8 Å². The molecule has 0 bridgehead atoms. The predicted molar refractivity (Wildman–Crippen MR) is 66.9 cm³/mol. The van der Waals surface area contributed by atoms with E-state index in [-0.39, 0.29) is 10.8 Å². The zero-order valence-corrected chi connectivity index (χ0v) is 11.6. The molecule has 98 valence electrons. The number of hydrogen-bond acceptors (Lipinski definition) is 6. The average Bonchev–Trinajstić information content (AvgIpc) is 2.88. The maximum absolute atomic E-state index is 12.0. The maximum atomic E-state index is 12.0. The van der Waals surface area contributed by atoms with E-state index >= 15 is 0 Å². The minimum atomic E-state index is -3.48. The van der Waals surface area contributed by atoms with Crippen molar-refractivity contribution in [3.63, 3.8) is 0 Å². The molecule has 0 spiro atoms. The number of nitrogens with zero attached hydrogens (tertiary/aromatic N) is 3. The summed E-state index contributed by atoms with van der Waals surface area (Å²) >= 11 is 1.17. The van der Waals surface area contributed by atoms with Gasteiger partial charge in [-0.15, -0.1) is 11.3 Å². The number of aryl methyl sites for hydroxylation is 2. The molecular weight excluding hydrogens is 274 g/mol. The lowest BCUT2D eigenvalue weighted by atomic mass is 10.4. The summed E-state index contributed by atoms with van der Waals surface area (Å²) in [6, 6.07) is 0. The summed E-state index contributed by atoms with van der Waals surface area (Å²) in [5, 5.41) is 7.10. The summed E-state index contributed by atoms with van der Waals surface area (Å²) in [6.45, 7) is 3.74. The quantitative estimate of drug-likeness (QED) is 0.829. The van der Waals surface area contributed by atoms with E-state index in [1.165, 1.54) is 17.7 Å². The van der Waals surface area contributed by atoms with Crippen LogP contribution in [0, 0.1) is 13.8 Å². The van der Waals surface area contributed by atoms with Crippen LogP contribution in [0.1, 0.15) is 16.5 Å². The molecule has 0 aliphatic heterocycles. The first kappa shape index (κ1) is 13.1. The van der Waals surface area contributed by atoms with Gasteiger partial charge in [-0.25, -0.2) is 23.1 Å². The fraction of sp³-hybridized carbons (Fsp3) is 0.444. The number of H-pyrrole nitrogens is 1. The summed E-state index contributed by atoms with van der Waals surface area (Å²) in [4.78, 5) is 8.03. The van der Waals surface area contributed by atoms with Crippen LogP contribution in [-0.2, 0) is 16.4 Å². The number of aromatic amines is 1. The Labute approximate surface area is 109 Å². The Bertz CT molecular complexity index is 617. The van der Waals surface area contributed by atoms with Gasteiger partial charge >= 0.3 is 0 Å². The van der Waals surface area contributed by atoms with E-state index in [4.69, 9.17) is 0 Å². The van der Waals surface area contributed by atoms with Gasteiger partial charge in [-0.3, -0.25) is 5.10 Å². The molecule has 0 radical (unpaired) electrons. The first-order valence-corrected chi connectivity index (χ1v) is 7.57. The Morgan fingerprint density at radius 1 is 1.44 bits per heavy atom. The summed E-state index contributed by atoms with van der Waals surface area (Å²) < 4.78 is 26.8. The summed E-state index contributed by atoms with van der Waals surface area (Å²) in [5.41, 5.74) is 0.532. The lowest BCUT2D eigenvalue weighted by molar-refractivity contribution is 0.582. The highest BCUT2D eigenvalue weighted by molar-refractivity contribution is 7.91. The van der Waals surface area contributed by atoms with Crippen molar-refractivity contribution >= 4 is 21.4 Å². The molecule has 0 unspecified atom stereocenters.